The molecule has 1 spiro atoms. The summed E-state index contributed by atoms with van der Waals surface area (Å²) in [6.07, 6.45) is 1.46. The lowest BCUT2D eigenvalue weighted by atomic mass is 9.92. The van der Waals surface area contributed by atoms with Crippen LogP contribution in [0.1, 0.15) is 37.3 Å². The van der Waals surface area contributed by atoms with Gasteiger partial charge in [-0.05, 0) is 49.6 Å². The molecule has 3 unspecified atom stereocenters. The summed E-state index contributed by atoms with van der Waals surface area (Å²) in [5, 5.41) is 4.28. The van der Waals surface area contributed by atoms with Crippen LogP contribution in [0.2, 0.25) is 5.02 Å². The fraction of sp³-hybridized carbons (Fsp3) is 0.500. The van der Waals surface area contributed by atoms with Crippen molar-refractivity contribution in [1.82, 2.24) is 10.2 Å². The molecule has 32 heavy (non-hydrogen) atoms. The summed E-state index contributed by atoms with van der Waals surface area (Å²) in [5.41, 5.74) is 3.06. The van der Waals surface area contributed by atoms with E-state index in [4.69, 9.17) is 16.3 Å². The van der Waals surface area contributed by atoms with Gasteiger partial charge in [0.25, 0.3) is 0 Å². The number of hydrogen-bond donors (Lipinski definition) is 1. The molecule has 2 aromatic carbocycles. The van der Waals surface area contributed by atoms with Gasteiger partial charge in [0.1, 0.15) is 0 Å². The number of carbonyl (C=O) groups is 1. The Balaban J connectivity index is 1.20. The number of benzene rings is 2. The van der Waals surface area contributed by atoms with E-state index >= 15 is 0 Å². The molecule has 0 radical (unpaired) electrons. The molecule has 3 aliphatic rings. The zero-order valence-corrected chi connectivity index (χ0v) is 19.6. The molecule has 1 aliphatic carbocycles. The van der Waals surface area contributed by atoms with Crippen LogP contribution in [0.15, 0.2) is 48.5 Å². The van der Waals surface area contributed by atoms with Crippen LogP contribution in [-0.2, 0) is 14.9 Å². The van der Waals surface area contributed by atoms with Crippen molar-refractivity contribution in [2.75, 3.05) is 44.2 Å². The molecule has 4 atom stereocenters. The third-order valence-electron chi connectivity index (χ3n) is 7.15. The number of ether oxygens (including phenoxy) is 1. The van der Waals surface area contributed by atoms with E-state index < -0.39 is 5.41 Å². The first-order valence-corrected chi connectivity index (χ1v) is 12.1. The lowest BCUT2D eigenvalue weighted by Crippen LogP contribution is -2.48. The minimum absolute atomic E-state index is 0.233. The van der Waals surface area contributed by atoms with Crippen LogP contribution in [0.3, 0.4) is 0 Å². The van der Waals surface area contributed by atoms with Gasteiger partial charge in [-0.1, -0.05) is 41.9 Å². The summed E-state index contributed by atoms with van der Waals surface area (Å²) in [4.78, 5) is 18.1. The number of fused-ring (bicyclic) bond motifs is 2. The van der Waals surface area contributed by atoms with Gasteiger partial charge in [-0.3, -0.25) is 9.69 Å². The van der Waals surface area contributed by atoms with E-state index in [9.17, 15) is 4.79 Å². The number of nitrogens with zero attached hydrogens (tertiary/aromatic N) is 2. The molecule has 2 heterocycles. The van der Waals surface area contributed by atoms with Gasteiger partial charge < -0.3 is 15.0 Å². The van der Waals surface area contributed by atoms with Crippen molar-refractivity contribution in [3.63, 3.8) is 0 Å². The van der Waals surface area contributed by atoms with Crippen LogP contribution in [0.4, 0.5) is 5.69 Å². The third kappa shape index (κ3) is 3.96. The van der Waals surface area contributed by atoms with Gasteiger partial charge in [-0.2, -0.15) is 0 Å². The number of amides is 1. The summed E-state index contributed by atoms with van der Waals surface area (Å²) in [6.45, 7) is 9.65. The second-order valence-electron chi connectivity index (χ2n) is 9.52. The van der Waals surface area contributed by atoms with E-state index in [1.165, 1.54) is 11.1 Å². The van der Waals surface area contributed by atoms with Gasteiger partial charge in [0.2, 0.25) is 5.91 Å². The number of nitrogens with one attached hydrogen (secondary N) is 1. The lowest BCUT2D eigenvalue weighted by molar-refractivity contribution is -0.120. The normalized spacial score (nSPS) is 29.5. The molecule has 170 valence electrons. The van der Waals surface area contributed by atoms with Crippen molar-refractivity contribution in [2.45, 2.75) is 43.8 Å². The summed E-state index contributed by atoms with van der Waals surface area (Å²) < 4.78 is 5.82. The highest BCUT2D eigenvalue weighted by molar-refractivity contribution is 6.30. The van der Waals surface area contributed by atoms with E-state index in [1.54, 1.807) is 0 Å². The van der Waals surface area contributed by atoms with Crippen LogP contribution in [0, 0.1) is 0 Å². The largest absolute Gasteiger partial charge is 0.373 e. The maximum Gasteiger partial charge on any atom is 0.238 e. The highest BCUT2D eigenvalue weighted by atomic mass is 35.5. The number of hydrogen-bond acceptors (Lipinski definition) is 4. The van der Waals surface area contributed by atoms with Crippen molar-refractivity contribution in [3.8, 4) is 0 Å². The molecule has 2 aromatic rings. The third-order valence-corrected chi connectivity index (χ3v) is 7.40. The molecule has 2 aliphatic heterocycles. The number of morpholine rings is 1. The Morgan fingerprint density at radius 1 is 1.03 bits per heavy atom. The smallest absolute Gasteiger partial charge is 0.238 e. The first-order chi connectivity index (χ1) is 15.5. The summed E-state index contributed by atoms with van der Waals surface area (Å²) in [6, 6.07) is 16.3. The van der Waals surface area contributed by atoms with Crippen LogP contribution in [0.25, 0.3) is 0 Å². The van der Waals surface area contributed by atoms with Crippen molar-refractivity contribution in [3.05, 3.63) is 64.7 Å². The number of anilines is 1. The average Bonchev–Trinajstić information content (AvgIpc) is 3.47. The molecule has 0 bridgehead atoms. The van der Waals surface area contributed by atoms with Crippen LogP contribution >= 0.6 is 11.6 Å². The van der Waals surface area contributed by atoms with E-state index in [-0.39, 0.29) is 11.8 Å². The average molecular weight is 454 g/mol. The van der Waals surface area contributed by atoms with Crippen molar-refractivity contribution < 1.29 is 9.53 Å². The van der Waals surface area contributed by atoms with Crippen LogP contribution in [0.5, 0.6) is 0 Å². The maximum absolute atomic E-state index is 13.6. The SMILES string of the molecule is CC1CN(CCNCCN2C(=O)[C@]3(CC3c3ccc(Cl)cc3)c3ccccc32)CC(C)O1. The van der Waals surface area contributed by atoms with E-state index in [0.717, 1.165) is 49.9 Å². The molecule has 1 amide bonds. The van der Waals surface area contributed by atoms with Gasteiger partial charge in [0.15, 0.2) is 0 Å². The Bertz CT molecular complexity index is 971. The second kappa shape index (κ2) is 8.79. The molecule has 0 aromatic heterocycles. The maximum atomic E-state index is 13.6. The van der Waals surface area contributed by atoms with Crippen LogP contribution in [-0.4, -0.2) is 62.3 Å². The minimum Gasteiger partial charge on any atom is -0.373 e. The summed E-state index contributed by atoms with van der Waals surface area (Å²) in [5.74, 6) is 0.480. The molecule has 2 fully saturated rings. The summed E-state index contributed by atoms with van der Waals surface area (Å²) >= 11 is 6.08. The van der Waals surface area contributed by atoms with Gasteiger partial charge in [-0.15, -0.1) is 0 Å². The predicted octanol–water partition coefficient (Wildman–Crippen LogP) is 3.81. The summed E-state index contributed by atoms with van der Waals surface area (Å²) in [7, 11) is 0. The van der Waals surface area contributed by atoms with Gasteiger partial charge in [-0.25, -0.2) is 0 Å². The number of rotatable bonds is 7. The number of halogens is 1. The zero-order valence-electron chi connectivity index (χ0n) is 18.9. The predicted molar refractivity (Wildman–Crippen MR) is 129 cm³/mol. The monoisotopic (exact) mass is 453 g/mol. The first-order valence-electron chi connectivity index (χ1n) is 11.7. The number of carbonyl (C=O) groups excluding carboxylic acids is 1. The highest BCUT2D eigenvalue weighted by Crippen LogP contribution is 2.66. The fourth-order valence-corrected chi connectivity index (χ4v) is 5.81. The van der Waals surface area contributed by atoms with Crippen molar-refractivity contribution in [2.24, 2.45) is 0 Å². The molecule has 5 nitrogen and oxygen atoms in total. The van der Waals surface area contributed by atoms with Crippen molar-refractivity contribution in [1.29, 1.82) is 0 Å². The Morgan fingerprint density at radius 2 is 1.72 bits per heavy atom. The number of para-hydroxylation sites is 1. The van der Waals surface area contributed by atoms with Crippen molar-refractivity contribution >= 4 is 23.2 Å². The molecule has 6 heteroatoms. The standard InChI is InChI=1S/C26H32ClN3O2/c1-18-16-29(17-19(2)32-18)13-11-28-12-14-30-24-6-4-3-5-22(24)26(25(30)31)15-23(26)20-7-9-21(27)10-8-20/h3-10,18-19,23,28H,11-17H2,1-2H3/t18?,19?,23?,26-/m1/s1. The Hall–Kier alpha value is -1.92. The molecule has 1 N–H and O–H groups in total. The van der Waals surface area contributed by atoms with Gasteiger partial charge >= 0.3 is 0 Å². The minimum atomic E-state index is -0.398. The Labute approximate surface area is 195 Å². The van der Waals surface area contributed by atoms with Crippen LogP contribution < -0.4 is 10.2 Å². The Morgan fingerprint density at radius 3 is 2.47 bits per heavy atom. The molecule has 5 rings (SSSR count). The molecule has 1 saturated heterocycles. The second-order valence-corrected chi connectivity index (χ2v) is 9.96. The van der Waals surface area contributed by atoms with E-state index in [0.29, 0.717) is 18.8 Å². The quantitative estimate of drug-likeness (QED) is 0.647. The zero-order chi connectivity index (χ0) is 22.3. The van der Waals surface area contributed by atoms with Gasteiger partial charge in [0, 0.05) is 55.9 Å². The van der Waals surface area contributed by atoms with E-state index in [1.807, 2.05) is 23.1 Å². The molecule has 1 saturated carbocycles. The molecular weight excluding hydrogens is 422 g/mol. The topological polar surface area (TPSA) is 44.8 Å². The Kier molecular flexibility index (Phi) is 6.01. The first kappa shape index (κ1) is 21.9. The fourth-order valence-electron chi connectivity index (χ4n) is 5.69. The lowest BCUT2D eigenvalue weighted by Gasteiger charge is -2.35. The highest BCUT2D eigenvalue weighted by Gasteiger charge is 2.66. The van der Waals surface area contributed by atoms with Gasteiger partial charge in [0.05, 0.1) is 17.6 Å². The molecular formula is C26H32ClN3O2. The van der Waals surface area contributed by atoms with E-state index in [2.05, 4.69) is 54.4 Å².